The molecule has 0 amide bonds. The van der Waals surface area contributed by atoms with Crippen molar-refractivity contribution in [3.8, 4) is 40.1 Å². The summed E-state index contributed by atoms with van der Waals surface area (Å²) in [5.74, 6) is 0.651. The SMILES string of the molecule is CC(=O)c1ccc(O)c(Cl)c1N.CCc1coc(Cl)n1.COCCBr.COCCOc1ccc(C(C)=O)c(CC(=O)c2coc(Cl)n2)c1Cl.COCCOc1ccc(C(C)=O)c(N)c1Cl.COCCOc1ccc2c(=O)cc(-c3coc(NC4CC4)n3)[nH]c2c1Cl.O=C=O.O=COc1coc(Cl)c1.O=P(Cl)(Cl)Cl.[Li+].[OH-]. The first-order valence-corrected chi connectivity index (χ1v) is 38.8. The van der Waals surface area contributed by atoms with E-state index in [-0.39, 0.29) is 119 Å². The molecule has 110 heavy (non-hydrogen) atoms. The number of benzene rings is 4. The van der Waals surface area contributed by atoms with Gasteiger partial charge in [-0.3, -0.25) is 33.3 Å². The molecular formula is C67H72BrCl10LiN7O23P. The van der Waals surface area contributed by atoms with Crippen LogP contribution in [0.1, 0.15) is 93.4 Å². The largest absolute Gasteiger partial charge is 1.00 e. The second-order valence-electron chi connectivity index (χ2n) is 20.6. The number of methoxy groups -OCH3 is 4. The number of nitrogens with two attached hydrogens (primary N) is 2. The third kappa shape index (κ3) is 38.6. The van der Waals surface area contributed by atoms with Gasteiger partial charge in [-0.1, -0.05) is 69.3 Å². The molecule has 5 aromatic heterocycles. The van der Waals surface area contributed by atoms with Crippen molar-refractivity contribution in [2.24, 2.45) is 0 Å². The Kier molecular flexibility index (Phi) is 52.1. The van der Waals surface area contributed by atoms with Gasteiger partial charge in [0.25, 0.3) is 23.2 Å². The van der Waals surface area contributed by atoms with Gasteiger partial charge in [0.15, 0.2) is 39.5 Å². The number of halogens is 11. The third-order valence-electron chi connectivity index (χ3n) is 12.9. The molecule has 0 radical (unpaired) electrons. The Labute approximate surface area is 699 Å². The number of nitrogens with zero attached hydrogens (tertiary/aromatic N) is 3. The number of nitrogen functional groups attached to an aromatic ring is 2. The molecule has 1 aliphatic carbocycles. The molecule has 0 aliphatic heterocycles. The van der Waals surface area contributed by atoms with E-state index in [0.29, 0.717) is 131 Å². The number of aromatic hydroxyl groups is 1. The first kappa shape index (κ1) is 103. The molecule has 9 aromatic rings. The number of phenols is 1. The predicted molar refractivity (Wildman–Crippen MR) is 417 cm³/mol. The first-order valence-electron chi connectivity index (χ1n) is 30.6. The van der Waals surface area contributed by atoms with Gasteiger partial charge in [0.05, 0.1) is 59.7 Å². The van der Waals surface area contributed by atoms with Gasteiger partial charge >= 0.3 is 30.2 Å². The van der Waals surface area contributed by atoms with Gasteiger partial charge in [-0.2, -0.15) is 19.6 Å². The number of H-pyrrole nitrogens is 1. The number of phenolic OH excluding ortho intramolecular Hbond substituents is 1. The summed E-state index contributed by atoms with van der Waals surface area (Å²) in [7, 11) is 6.41. The van der Waals surface area contributed by atoms with E-state index in [9.17, 15) is 33.3 Å². The number of fused-ring (bicyclic) bond motifs is 1. The van der Waals surface area contributed by atoms with E-state index in [1.165, 1.54) is 57.6 Å². The van der Waals surface area contributed by atoms with E-state index < -0.39 is 5.20 Å². The minimum absolute atomic E-state index is 0. The molecule has 0 unspecified atom stereocenters. The summed E-state index contributed by atoms with van der Waals surface area (Å²) in [4.78, 5) is 99.8. The summed E-state index contributed by atoms with van der Waals surface area (Å²) in [6.07, 6.45) is 8.70. The molecule has 8 N–H and O–H groups in total. The number of Topliss-reactive ketones (excluding diaryl/α,β-unsaturated/α-hetero) is 4. The fraction of sp³-hybridized carbons (Fsp3) is 0.313. The summed E-state index contributed by atoms with van der Waals surface area (Å²) >= 11 is 57.7. The maximum Gasteiger partial charge on any atom is 1.00 e. The van der Waals surface area contributed by atoms with Crippen LogP contribution in [0.4, 0.5) is 17.4 Å². The standard InChI is InChI=1S/C18H18ClN3O4.C16H15Cl2NO5.C11H14ClNO3.C8H8ClNO2.C5H6ClNO.C5H3ClO3.C3H7BrO.CO2.Cl3OP.Li.H2O/c1-24-6-7-25-15-5-4-11-14(23)8-12(21-17(11)16(15)19)13-9-26-18(22-13)20-10-2-3-10;1-9(20)10-3-4-14(23-6-5-22-2)15(17)11(10)7-13(21)12-8-24-16(18)19-12;1-7(14)8-3-4-9(10(12)11(8)13)16-6-5-15-2;1-4(11)5-2-3-6(12)7(9)8(5)10;1-2-4-3-8-5(6)7-4;6-5-1-4(2-8-5)9-3-7;1-5-3-2-4;2-1-3;1-5(2,3)4;;/h4-5,8-10H,2-3,6-7H2,1H3,(H,20,22)(H,21,23);3-4,8H,5-7H2,1-2H3;3-4H,5-6,13H2,1-2H3;2-3,12H,10H2,1H3;3H,2H2,1H3;1-3H;2-3H2,1H3;;;;1H2/q;;;;;;;;;+1;/p-1. The monoisotopic (exact) mass is 1810 g/mol. The van der Waals surface area contributed by atoms with Crippen LogP contribution in [0, 0.1) is 0 Å². The van der Waals surface area contributed by atoms with Crippen molar-refractivity contribution in [2.75, 3.05) is 96.8 Å². The third-order valence-corrected chi connectivity index (χ3v) is 15.3. The molecule has 1 saturated carbocycles. The Morgan fingerprint density at radius 3 is 1.57 bits per heavy atom. The Hall–Kier alpha value is -6.86. The number of aromatic nitrogens is 4. The maximum atomic E-state index is 12.5. The van der Waals surface area contributed by atoms with Crippen molar-refractivity contribution in [3.05, 3.63) is 166 Å². The van der Waals surface area contributed by atoms with E-state index >= 15 is 0 Å². The van der Waals surface area contributed by atoms with Crippen molar-refractivity contribution in [1.82, 2.24) is 19.9 Å². The molecule has 0 saturated heterocycles. The van der Waals surface area contributed by atoms with Crippen LogP contribution in [0.5, 0.6) is 28.7 Å². The zero-order valence-electron chi connectivity index (χ0n) is 59.8. The number of oxazole rings is 3. The van der Waals surface area contributed by atoms with Crippen LogP contribution in [-0.2, 0) is 50.7 Å². The van der Waals surface area contributed by atoms with Gasteiger partial charge in [-0.25, -0.2) is 4.98 Å². The zero-order chi connectivity index (χ0) is 81.2. The summed E-state index contributed by atoms with van der Waals surface area (Å²) < 4.78 is 69.3. The first-order chi connectivity index (χ1) is 51.2. The predicted octanol–water partition coefficient (Wildman–Crippen LogP) is 14.5. The van der Waals surface area contributed by atoms with Crippen LogP contribution >= 0.6 is 136 Å². The van der Waals surface area contributed by atoms with Gasteiger partial charge in [0.2, 0.25) is 0 Å². The Morgan fingerprint density at radius 2 is 1.15 bits per heavy atom. The molecule has 5 heterocycles. The number of carbonyl (C=O) groups excluding carboxylic acids is 7. The van der Waals surface area contributed by atoms with E-state index in [1.54, 1.807) is 71.1 Å². The fourth-order valence-electron chi connectivity index (χ4n) is 7.74. The van der Waals surface area contributed by atoms with Crippen LogP contribution in [0.2, 0.25) is 36.0 Å². The van der Waals surface area contributed by atoms with E-state index in [1.807, 2.05) is 6.92 Å². The van der Waals surface area contributed by atoms with Crippen molar-refractivity contribution >= 4 is 200 Å². The number of ether oxygens (including phenoxy) is 8. The Bertz CT molecular complexity index is 4490. The van der Waals surface area contributed by atoms with Gasteiger partial charge < -0.3 is 87.9 Å². The summed E-state index contributed by atoms with van der Waals surface area (Å²) in [5.41, 5.74) is 15.4. The average Bonchev–Trinajstić information content (AvgIpc) is 1.17. The molecule has 4 aromatic carbocycles. The quantitative estimate of drug-likeness (QED) is 0.00639. The minimum atomic E-state index is -3.22. The van der Waals surface area contributed by atoms with Crippen LogP contribution in [0.25, 0.3) is 22.3 Å². The van der Waals surface area contributed by atoms with Gasteiger partial charge in [0.1, 0.15) is 94.3 Å². The molecule has 0 spiro atoms. The maximum absolute atomic E-state index is 12.5. The average molecular weight is 1820 g/mol. The van der Waals surface area contributed by atoms with Gasteiger partial charge in [0, 0.05) is 80.4 Å². The second-order valence-corrected chi connectivity index (χ2v) is 30.6. The smallest absolute Gasteiger partial charge is 0.870 e. The van der Waals surface area contributed by atoms with Crippen molar-refractivity contribution in [1.29, 1.82) is 0 Å². The number of hydrogen-bond donors (Lipinski definition) is 5. The fourth-order valence-corrected chi connectivity index (χ4v) is 9.44. The molecule has 1 aliphatic rings. The second kappa shape index (κ2) is 55.6. The molecule has 596 valence electrons. The zero-order valence-corrected chi connectivity index (χ0v) is 69.8. The van der Waals surface area contributed by atoms with E-state index in [4.69, 9.17) is 149 Å². The number of ketones is 4. The van der Waals surface area contributed by atoms with Crippen LogP contribution in [0.15, 0.2) is 108 Å². The normalized spacial score (nSPS) is 10.6. The topological polar surface area (TPSA) is 449 Å². The molecule has 1 fully saturated rings. The molecular weight excluding hydrogens is 1740 g/mol. The summed E-state index contributed by atoms with van der Waals surface area (Å²) in [6.45, 7) is 9.67. The van der Waals surface area contributed by atoms with Gasteiger partial charge in [-0.15, -0.1) is 0 Å². The number of hydrogen-bond acceptors (Lipinski definition) is 29. The molecule has 0 atom stereocenters. The molecule has 0 bridgehead atoms. The molecule has 30 nitrogen and oxygen atoms in total. The van der Waals surface area contributed by atoms with Crippen molar-refractivity contribution < 1.29 is 123 Å². The number of anilines is 3. The Morgan fingerprint density at radius 1 is 0.664 bits per heavy atom. The van der Waals surface area contributed by atoms with E-state index in [0.717, 1.165) is 43.2 Å². The molecule has 10 rings (SSSR count). The number of nitrogens with one attached hydrogen (secondary N) is 2. The minimum Gasteiger partial charge on any atom is -0.870 e. The molecule has 43 heteroatoms. The summed E-state index contributed by atoms with van der Waals surface area (Å²) in [5, 5.41) is 11.6. The van der Waals surface area contributed by atoms with Gasteiger partial charge in [-0.05, 0) is 163 Å². The number of aryl methyl sites for hydroxylation is 1. The number of rotatable bonds is 26. The number of aromatic amines is 1. The number of alkyl halides is 1. The van der Waals surface area contributed by atoms with E-state index in [2.05, 4.69) is 88.8 Å². The number of furan rings is 1. The van der Waals surface area contributed by atoms with Crippen LogP contribution in [-0.4, -0.2) is 152 Å². The number of pyridine rings is 1. The summed E-state index contributed by atoms with van der Waals surface area (Å²) in [6, 6.07) is 16.3. The van der Waals surface area contributed by atoms with Crippen LogP contribution in [0.3, 0.4) is 0 Å². The van der Waals surface area contributed by atoms with Crippen molar-refractivity contribution in [2.45, 2.75) is 59.4 Å². The Balaban J connectivity index is 0.00000130. The van der Waals surface area contributed by atoms with Crippen molar-refractivity contribution in [3.63, 3.8) is 0 Å². The number of carbonyl (C=O) groups is 5. The van der Waals surface area contributed by atoms with Crippen LogP contribution < -0.4 is 60.0 Å².